The molecule has 0 bridgehead atoms. The Morgan fingerprint density at radius 2 is 1.83 bits per heavy atom. The van der Waals surface area contributed by atoms with Crippen LogP contribution in [0.2, 0.25) is 0 Å². The minimum Gasteiger partial charge on any atom is -0.365 e. The molecular formula is C24H30BrF3N2O5S. The first-order valence-electron chi connectivity index (χ1n) is 11.7. The SMILES string of the molecule is CC(C)(C)Nc1ccc2cc(Br)c(CC[C@H]3C[C@H](OS(=O)(=O)C(F)(F)F)[C@@H]4OC(C)(C)O[C@H]34)cc2n1. The summed E-state index contributed by atoms with van der Waals surface area (Å²) in [5, 5.41) is 4.32. The minimum absolute atomic E-state index is 0.0732. The number of ether oxygens (including phenoxy) is 2. The Balaban J connectivity index is 1.53. The molecule has 1 N–H and O–H groups in total. The molecule has 0 amide bonds. The minimum atomic E-state index is -5.75. The zero-order valence-corrected chi connectivity index (χ0v) is 23.1. The fourth-order valence-electron chi connectivity index (χ4n) is 4.80. The molecule has 200 valence electrons. The second-order valence-electron chi connectivity index (χ2n) is 10.8. The highest BCUT2D eigenvalue weighted by Gasteiger charge is 2.58. The van der Waals surface area contributed by atoms with E-state index in [1.54, 1.807) is 13.8 Å². The zero-order valence-electron chi connectivity index (χ0n) is 20.6. The van der Waals surface area contributed by atoms with Crippen LogP contribution in [-0.2, 0) is 30.2 Å². The molecule has 2 heterocycles. The van der Waals surface area contributed by atoms with Gasteiger partial charge in [0.2, 0.25) is 0 Å². The number of alkyl halides is 3. The Hall–Kier alpha value is -1.47. The molecule has 4 atom stereocenters. The van der Waals surface area contributed by atoms with Crippen LogP contribution in [0.4, 0.5) is 19.0 Å². The van der Waals surface area contributed by atoms with Gasteiger partial charge in [-0.15, -0.1) is 0 Å². The number of nitrogens with zero attached hydrogens (tertiary/aromatic N) is 1. The maximum atomic E-state index is 12.9. The molecule has 1 saturated heterocycles. The molecule has 1 aliphatic carbocycles. The largest absolute Gasteiger partial charge is 0.523 e. The molecule has 1 aromatic carbocycles. The summed E-state index contributed by atoms with van der Waals surface area (Å²) >= 11 is 3.61. The molecule has 7 nitrogen and oxygen atoms in total. The summed E-state index contributed by atoms with van der Waals surface area (Å²) in [4.78, 5) is 4.72. The van der Waals surface area contributed by atoms with E-state index in [0.717, 1.165) is 26.8 Å². The Bertz CT molecular complexity index is 1250. The third-order valence-corrected chi connectivity index (χ3v) is 8.01. The Labute approximate surface area is 217 Å². The average Bonchev–Trinajstić information content (AvgIpc) is 3.18. The van der Waals surface area contributed by atoms with E-state index in [1.165, 1.54) is 0 Å². The summed E-state index contributed by atoms with van der Waals surface area (Å²) in [6.45, 7) is 9.44. The molecule has 0 spiro atoms. The zero-order chi connectivity index (χ0) is 26.7. The number of aromatic nitrogens is 1. The summed E-state index contributed by atoms with van der Waals surface area (Å²) in [5.74, 6) is -0.553. The van der Waals surface area contributed by atoms with Gasteiger partial charge in [-0.25, -0.2) is 4.98 Å². The fourth-order valence-corrected chi connectivity index (χ4v) is 5.98. The number of nitrogens with one attached hydrogen (secondary N) is 1. The number of hydrogen-bond donors (Lipinski definition) is 1. The second-order valence-corrected chi connectivity index (χ2v) is 13.3. The molecule has 12 heteroatoms. The average molecular weight is 595 g/mol. The van der Waals surface area contributed by atoms with Crippen molar-refractivity contribution in [2.45, 2.75) is 89.0 Å². The van der Waals surface area contributed by atoms with Gasteiger partial charge in [0.25, 0.3) is 0 Å². The summed E-state index contributed by atoms with van der Waals surface area (Å²) in [5.41, 5.74) is -3.86. The van der Waals surface area contributed by atoms with Gasteiger partial charge in [0.05, 0.1) is 11.6 Å². The molecule has 1 aliphatic heterocycles. The molecular weight excluding hydrogens is 565 g/mol. The number of aryl methyl sites for hydroxylation is 1. The van der Waals surface area contributed by atoms with Crippen LogP contribution in [0.15, 0.2) is 28.7 Å². The van der Waals surface area contributed by atoms with Gasteiger partial charge >= 0.3 is 15.6 Å². The highest BCUT2D eigenvalue weighted by molar-refractivity contribution is 9.10. The van der Waals surface area contributed by atoms with Gasteiger partial charge < -0.3 is 14.8 Å². The van der Waals surface area contributed by atoms with E-state index in [4.69, 9.17) is 14.5 Å². The van der Waals surface area contributed by atoms with Crippen molar-refractivity contribution in [1.82, 2.24) is 4.98 Å². The molecule has 0 unspecified atom stereocenters. The van der Waals surface area contributed by atoms with E-state index in [-0.39, 0.29) is 17.9 Å². The van der Waals surface area contributed by atoms with Crippen LogP contribution in [0.1, 0.15) is 53.0 Å². The van der Waals surface area contributed by atoms with Crippen molar-refractivity contribution in [1.29, 1.82) is 0 Å². The molecule has 2 fully saturated rings. The number of rotatable bonds is 6. The van der Waals surface area contributed by atoms with E-state index in [1.807, 2.05) is 45.0 Å². The van der Waals surface area contributed by atoms with Crippen molar-refractivity contribution in [3.05, 3.63) is 34.3 Å². The highest BCUT2D eigenvalue weighted by Crippen LogP contribution is 2.46. The lowest BCUT2D eigenvalue weighted by Gasteiger charge is -2.23. The van der Waals surface area contributed by atoms with E-state index in [9.17, 15) is 21.6 Å². The normalized spacial score (nSPS) is 26.4. The van der Waals surface area contributed by atoms with E-state index < -0.39 is 39.7 Å². The fraction of sp³-hybridized carbons (Fsp3) is 0.625. The van der Waals surface area contributed by atoms with Gasteiger partial charge in [0, 0.05) is 15.4 Å². The Morgan fingerprint density at radius 1 is 1.17 bits per heavy atom. The summed E-state index contributed by atoms with van der Waals surface area (Å²) in [6, 6.07) is 7.88. The van der Waals surface area contributed by atoms with Crippen LogP contribution >= 0.6 is 15.9 Å². The van der Waals surface area contributed by atoms with Gasteiger partial charge in [0.15, 0.2) is 5.79 Å². The Morgan fingerprint density at radius 3 is 2.47 bits per heavy atom. The van der Waals surface area contributed by atoms with Crippen molar-refractivity contribution < 1.29 is 35.2 Å². The van der Waals surface area contributed by atoms with Crippen molar-refractivity contribution in [3.8, 4) is 0 Å². The number of anilines is 1. The third-order valence-electron chi connectivity index (χ3n) is 6.21. The predicted molar refractivity (Wildman–Crippen MR) is 133 cm³/mol. The summed E-state index contributed by atoms with van der Waals surface area (Å²) < 4.78 is 79.4. The lowest BCUT2D eigenvalue weighted by atomic mass is 9.95. The smallest absolute Gasteiger partial charge is 0.365 e. The number of fused-ring (bicyclic) bond motifs is 2. The molecule has 1 saturated carbocycles. The summed E-state index contributed by atoms with van der Waals surface area (Å²) in [6.07, 6.45) is -1.57. The van der Waals surface area contributed by atoms with Crippen LogP contribution < -0.4 is 5.32 Å². The standard InChI is InChI=1S/C24H30BrF3N2O5S/c1-22(2,3)30-19-9-8-14-10-16(25)13(11-17(14)29-19)6-7-15-12-18(35-36(31,32)24(26,27)28)21-20(15)33-23(4,5)34-21/h8-11,15,18,20-21H,6-7,12H2,1-5H3,(H,29,30)/t15-,18-,20+,21-/m0/s1. The number of pyridine rings is 1. The predicted octanol–water partition coefficient (Wildman–Crippen LogP) is 5.92. The number of halogens is 4. The van der Waals surface area contributed by atoms with Gasteiger partial charge in [-0.2, -0.15) is 21.6 Å². The van der Waals surface area contributed by atoms with Crippen LogP contribution in [-0.4, -0.2) is 48.5 Å². The molecule has 2 aliphatic rings. The highest BCUT2D eigenvalue weighted by atomic mass is 79.9. The first kappa shape index (κ1) is 27.6. The molecule has 4 rings (SSSR count). The van der Waals surface area contributed by atoms with E-state index in [2.05, 4.69) is 25.4 Å². The van der Waals surface area contributed by atoms with Crippen molar-refractivity contribution in [2.75, 3.05) is 5.32 Å². The second kappa shape index (κ2) is 9.37. The Kier molecular flexibility index (Phi) is 7.18. The van der Waals surface area contributed by atoms with E-state index in [0.29, 0.717) is 12.8 Å². The lowest BCUT2D eigenvalue weighted by molar-refractivity contribution is -0.165. The van der Waals surface area contributed by atoms with Gasteiger partial charge in [-0.1, -0.05) is 15.9 Å². The quantitative estimate of drug-likeness (QED) is 0.328. The van der Waals surface area contributed by atoms with Crippen LogP contribution in [0.3, 0.4) is 0 Å². The molecule has 36 heavy (non-hydrogen) atoms. The van der Waals surface area contributed by atoms with Crippen LogP contribution in [0.5, 0.6) is 0 Å². The lowest BCUT2D eigenvalue weighted by Crippen LogP contribution is -2.36. The van der Waals surface area contributed by atoms with Crippen LogP contribution in [0, 0.1) is 5.92 Å². The van der Waals surface area contributed by atoms with Crippen molar-refractivity contribution in [2.24, 2.45) is 5.92 Å². The van der Waals surface area contributed by atoms with Crippen molar-refractivity contribution >= 4 is 42.8 Å². The molecule has 0 radical (unpaired) electrons. The van der Waals surface area contributed by atoms with Gasteiger partial charge in [-0.3, -0.25) is 4.18 Å². The molecule has 2 aromatic rings. The van der Waals surface area contributed by atoms with Gasteiger partial charge in [-0.05, 0) is 89.6 Å². The summed E-state index contributed by atoms with van der Waals surface area (Å²) in [7, 11) is -5.75. The van der Waals surface area contributed by atoms with Crippen LogP contribution in [0.25, 0.3) is 10.9 Å². The maximum Gasteiger partial charge on any atom is 0.523 e. The first-order chi connectivity index (χ1) is 16.4. The van der Waals surface area contributed by atoms with Crippen molar-refractivity contribution in [3.63, 3.8) is 0 Å². The van der Waals surface area contributed by atoms with E-state index >= 15 is 0 Å². The first-order valence-corrected chi connectivity index (χ1v) is 13.9. The topological polar surface area (TPSA) is 86.8 Å². The number of hydrogen-bond acceptors (Lipinski definition) is 7. The third kappa shape index (κ3) is 5.98. The molecule has 1 aromatic heterocycles. The monoisotopic (exact) mass is 594 g/mol. The number of benzene rings is 1. The maximum absolute atomic E-state index is 12.9. The van der Waals surface area contributed by atoms with Gasteiger partial charge in [0.1, 0.15) is 18.0 Å².